The van der Waals surface area contributed by atoms with Crippen LogP contribution in [0.3, 0.4) is 0 Å². The molecule has 186 valence electrons. The van der Waals surface area contributed by atoms with Crippen molar-refractivity contribution in [1.29, 1.82) is 0 Å². The van der Waals surface area contributed by atoms with E-state index in [1.807, 2.05) is 19.1 Å². The first-order valence-corrected chi connectivity index (χ1v) is 12.9. The van der Waals surface area contributed by atoms with Gasteiger partial charge in [0.25, 0.3) is 0 Å². The number of nitrogens with one attached hydrogen (secondary N) is 1. The number of anilines is 1. The van der Waals surface area contributed by atoms with Gasteiger partial charge in [0.1, 0.15) is 18.4 Å². The first-order chi connectivity index (χ1) is 16.0. The average molecular weight is 557 g/mol. The molecule has 0 unspecified atom stereocenters. The molecule has 0 radical (unpaired) electrons. The standard InChI is InChI=1S/C23H30BrFN4O4S/c1-5-14-26-23(31)17(2)28(15-18-10-12-19(24)13-11-18)22(30)16-29(34(32,33)27(3)4)21-9-7-6-8-20(21)25/h6-13,17H,5,14-16H2,1-4H3,(H,26,31)/t17-/m0/s1. The molecule has 1 atom stereocenters. The maximum Gasteiger partial charge on any atom is 0.304 e. The quantitative estimate of drug-likeness (QED) is 0.460. The lowest BCUT2D eigenvalue weighted by Crippen LogP contribution is -2.52. The number of nitrogens with zero attached hydrogens (tertiary/aromatic N) is 3. The highest BCUT2D eigenvalue weighted by atomic mass is 79.9. The second-order valence-corrected chi connectivity index (χ2v) is 10.8. The average Bonchev–Trinajstić information content (AvgIpc) is 2.80. The Labute approximate surface area is 209 Å². The minimum atomic E-state index is -4.21. The minimum absolute atomic E-state index is 0.0694. The molecule has 2 aromatic rings. The van der Waals surface area contributed by atoms with Crippen LogP contribution in [0.15, 0.2) is 53.0 Å². The summed E-state index contributed by atoms with van der Waals surface area (Å²) in [5.41, 5.74) is 0.496. The Morgan fingerprint density at radius 3 is 2.26 bits per heavy atom. The molecule has 0 aliphatic heterocycles. The van der Waals surface area contributed by atoms with Crippen LogP contribution < -0.4 is 9.62 Å². The molecular formula is C23H30BrFN4O4S. The number of carbonyl (C=O) groups excluding carboxylic acids is 2. The van der Waals surface area contributed by atoms with Crippen LogP contribution in [0.25, 0.3) is 0 Å². The molecule has 0 fully saturated rings. The van der Waals surface area contributed by atoms with Crippen LogP contribution in [0, 0.1) is 5.82 Å². The molecule has 0 aliphatic rings. The molecule has 1 N–H and O–H groups in total. The fraction of sp³-hybridized carbons (Fsp3) is 0.391. The minimum Gasteiger partial charge on any atom is -0.354 e. The molecule has 8 nitrogen and oxygen atoms in total. The van der Waals surface area contributed by atoms with Crippen molar-refractivity contribution in [2.45, 2.75) is 32.9 Å². The van der Waals surface area contributed by atoms with E-state index in [0.717, 1.165) is 31.1 Å². The molecular weight excluding hydrogens is 527 g/mol. The molecule has 0 heterocycles. The van der Waals surface area contributed by atoms with E-state index in [1.165, 1.54) is 37.2 Å². The zero-order valence-electron chi connectivity index (χ0n) is 19.7. The topological polar surface area (TPSA) is 90.0 Å². The zero-order valence-corrected chi connectivity index (χ0v) is 22.1. The van der Waals surface area contributed by atoms with Crippen molar-refractivity contribution in [2.75, 3.05) is 31.5 Å². The lowest BCUT2D eigenvalue weighted by molar-refractivity contribution is -0.139. The van der Waals surface area contributed by atoms with Crippen molar-refractivity contribution in [1.82, 2.24) is 14.5 Å². The Balaban J connectivity index is 2.44. The number of halogens is 2. The number of carbonyl (C=O) groups is 2. The van der Waals surface area contributed by atoms with Gasteiger partial charge in [0.05, 0.1) is 5.69 Å². The van der Waals surface area contributed by atoms with Crippen LogP contribution in [-0.4, -0.2) is 62.7 Å². The van der Waals surface area contributed by atoms with Crippen LogP contribution in [0.2, 0.25) is 0 Å². The van der Waals surface area contributed by atoms with E-state index in [0.29, 0.717) is 6.54 Å². The molecule has 0 bridgehead atoms. The molecule has 0 aliphatic carbocycles. The second-order valence-electron chi connectivity index (χ2n) is 7.86. The predicted molar refractivity (Wildman–Crippen MR) is 134 cm³/mol. The Morgan fingerprint density at radius 1 is 1.09 bits per heavy atom. The fourth-order valence-electron chi connectivity index (χ4n) is 3.12. The van der Waals surface area contributed by atoms with Gasteiger partial charge in [-0.2, -0.15) is 12.7 Å². The van der Waals surface area contributed by atoms with Gasteiger partial charge < -0.3 is 10.2 Å². The third-order valence-corrected chi connectivity index (χ3v) is 7.46. The summed E-state index contributed by atoms with van der Waals surface area (Å²) in [4.78, 5) is 27.5. The van der Waals surface area contributed by atoms with Gasteiger partial charge in [-0.3, -0.25) is 9.59 Å². The number of para-hydroxylation sites is 1. The predicted octanol–water partition coefficient (Wildman–Crippen LogP) is 3.14. The van der Waals surface area contributed by atoms with Crippen molar-refractivity contribution < 1.29 is 22.4 Å². The van der Waals surface area contributed by atoms with E-state index in [-0.39, 0.29) is 18.1 Å². The molecule has 0 aromatic heterocycles. The van der Waals surface area contributed by atoms with Gasteiger partial charge in [0.2, 0.25) is 11.8 Å². The third-order valence-electron chi connectivity index (χ3n) is 5.12. The summed E-state index contributed by atoms with van der Waals surface area (Å²) in [6.07, 6.45) is 0.723. The molecule has 0 saturated heterocycles. The summed E-state index contributed by atoms with van der Waals surface area (Å²) in [5, 5.41) is 2.76. The molecule has 0 saturated carbocycles. The van der Waals surface area contributed by atoms with Gasteiger partial charge in [-0.05, 0) is 43.2 Å². The van der Waals surface area contributed by atoms with E-state index in [1.54, 1.807) is 19.1 Å². The molecule has 34 heavy (non-hydrogen) atoms. The van der Waals surface area contributed by atoms with Crippen molar-refractivity contribution >= 4 is 43.6 Å². The largest absolute Gasteiger partial charge is 0.354 e. The Bertz CT molecular complexity index is 1100. The van der Waals surface area contributed by atoms with E-state index in [9.17, 15) is 22.4 Å². The van der Waals surface area contributed by atoms with Crippen LogP contribution in [0.5, 0.6) is 0 Å². The van der Waals surface area contributed by atoms with Crippen LogP contribution in [0.4, 0.5) is 10.1 Å². The van der Waals surface area contributed by atoms with Gasteiger partial charge in [0, 0.05) is 31.7 Å². The highest BCUT2D eigenvalue weighted by molar-refractivity contribution is 9.10. The normalized spacial score (nSPS) is 12.3. The summed E-state index contributed by atoms with van der Waals surface area (Å²) >= 11 is 3.36. The smallest absolute Gasteiger partial charge is 0.304 e. The molecule has 2 rings (SSSR count). The number of amides is 2. The van der Waals surface area contributed by atoms with Crippen molar-refractivity contribution in [3.8, 4) is 0 Å². The Hall–Kier alpha value is -2.50. The van der Waals surface area contributed by atoms with Gasteiger partial charge in [-0.15, -0.1) is 0 Å². The number of benzene rings is 2. The summed E-state index contributed by atoms with van der Waals surface area (Å²) in [5.74, 6) is -1.79. The molecule has 0 spiro atoms. The Morgan fingerprint density at radius 2 is 1.71 bits per heavy atom. The van der Waals surface area contributed by atoms with Gasteiger partial charge in [-0.25, -0.2) is 8.70 Å². The van der Waals surface area contributed by atoms with E-state index in [4.69, 9.17) is 0 Å². The molecule has 2 amide bonds. The lowest BCUT2D eigenvalue weighted by atomic mass is 10.1. The monoisotopic (exact) mass is 556 g/mol. The van der Waals surface area contributed by atoms with Crippen molar-refractivity contribution in [2.24, 2.45) is 0 Å². The van der Waals surface area contributed by atoms with E-state index >= 15 is 0 Å². The Kier molecular flexibility index (Phi) is 10.0. The summed E-state index contributed by atoms with van der Waals surface area (Å²) in [7, 11) is -1.61. The molecule has 11 heteroatoms. The van der Waals surface area contributed by atoms with Crippen LogP contribution >= 0.6 is 15.9 Å². The van der Waals surface area contributed by atoms with Crippen LogP contribution in [0.1, 0.15) is 25.8 Å². The summed E-state index contributed by atoms with van der Waals surface area (Å²) in [6.45, 7) is 3.33. The number of rotatable bonds is 11. The third kappa shape index (κ3) is 7.00. The summed E-state index contributed by atoms with van der Waals surface area (Å²) < 4.78 is 43.1. The van der Waals surface area contributed by atoms with Crippen molar-refractivity contribution in [3.05, 3.63) is 64.4 Å². The van der Waals surface area contributed by atoms with Crippen LogP contribution in [-0.2, 0) is 26.3 Å². The first-order valence-electron chi connectivity index (χ1n) is 10.7. The van der Waals surface area contributed by atoms with E-state index < -0.39 is 34.5 Å². The first kappa shape index (κ1) is 27.7. The summed E-state index contributed by atoms with van der Waals surface area (Å²) in [6, 6.07) is 11.7. The number of hydrogen-bond acceptors (Lipinski definition) is 4. The number of hydrogen-bond donors (Lipinski definition) is 1. The maximum atomic E-state index is 14.6. The molecule has 2 aromatic carbocycles. The zero-order chi connectivity index (χ0) is 25.5. The van der Waals surface area contributed by atoms with Gasteiger partial charge >= 0.3 is 10.2 Å². The van der Waals surface area contributed by atoms with E-state index in [2.05, 4.69) is 21.2 Å². The highest BCUT2D eigenvalue weighted by Gasteiger charge is 2.33. The van der Waals surface area contributed by atoms with Gasteiger partial charge in [0.15, 0.2) is 0 Å². The maximum absolute atomic E-state index is 14.6. The highest BCUT2D eigenvalue weighted by Crippen LogP contribution is 2.24. The van der Waals surface area contributed by atoms with Crippen molar-refractivity contribution in [3.63, 3.8) is 0 Å². The fourth-order valence-corrected chi connectivity index (χ4v) is 4.45. The SMILES string of the molecule is CCCNC(=O)[C@H](C)N(Cc1ccc(Br)cc1)C(=O)CN(c1ccccc1F)S(=O)(=O)N(C)C. The second kappa shape index (κ2) is 12.3. The van der Waals surface area contributed by atoms with Gasteiger partial charge in [-0.1, -0.05) is 47.1 Å². The lowest BCUT2D eigenvalue weighted by Gasteiger charge is -2.33.